The van der Waals surface area contributed by atoms with Gasteiger partial charge in [-0.15, -0.1) is 0 Å². The largest absolute Gasteiger partial charge is 0.226 e. The van der Waals surface area contributed by atoms with Crippen LogP contribution in [0.5, 0.6) is 0 Å². The number of alkyl halides is 3. The van der Waals surface area contributed by atoms with Crippen LogP contribution in [0, 0.1) is 0 Å². The average Bonchev–Trinajstić information content (AvgIpc) is 2.03. The first-order valence-corrected chi connectivity index (χ1v) is 6.47. The first-order chi connectivity index (χ1) is 5.52. The van der Waals surface area contributed by atoms with Crippen LogP contribution in [-0.4, -0.2) is 3.53 Å². The third-order valence-corrected chi connectivity index (χ3v) is 6.05. The molecule has 1 aromatic carbocycles. The molecule has 0 N–H and O–H groups in total. The van der Waals surface area contributed by atoms with E-state index in [0.29, 0.717) is 0 Å². The molecular weight excluding hydrogens is 257 g/mol. The molecule has 66 valence electrons. The minimum atomic E-state index is -1.39. The van der Waals surface area contributed by atoms with Gasteiger partial charge < -0.3 is 0 Å². The van der Waals surface area contributed by atoms with Crippen molar-refractivity contribution < 1.29 is 0 Å². The summed E-state index contributed by atoms with van der Waals surface area (Å²) in [5, 5.41) is 0.870. The van der Waals surface area contributed by atoms with E-state index in [0.717, 1.165) is 5.30 Å². The molecule has 0 heterocycles. The fourth-order valence-corrected chi connectivity index (χ4v) is 2.65. The third kappa shape index (κ3) is 2.94. The quantitative estimate of drug-likeness (QED) is 0.523. The van der Waals surface area contributed by atoms with Crippen molar-refractivity contribution in [1.29, 1.82) is 0 Å². The molecule has 1 rings (SSSR count). The summed E-state index contributed by atoms with van der Waals surface area (Å²) in [5.74, 6) is 0. The van der Waals surface area contributed by atoms with E-state index in [4.69, 9.17) is 46.0 Å². The van der Waals surface area contributed by atoms with Crippen molar-refractivity contribution in [2.45, 2.75) is 3.53 Å². The topological polar surface area (TPSA) is 0 Å². The van der Waals surface area contributed by atoms with Crippen molar-refractivity contribution in [2.75, 3.05) is 0 Å². The summed E-state index contributed by atoms with van der Waals surface area (Å²) >= 11 is 22.9. The first-order valence-electron chi connectivity index (χ1n) is 3.09. The van der Waals surface area contributed by atoms with E-state index in [1.165, 1.54) is 0 Å². The Hall–Kier alpha value is 0.810. The van der Waals surface area contributed by atoms with Crippen molar-refractivity contribution in [3.8, 4) is 0 Å². The van der Waals surface area contributed by atoms with Crippen LogP contribution in [0.2, 0.25) is 0 Å². The number of hydrogen-bond acceptors (Lipinski definition) is 0. The molecule has 0 amide bonds. The Kier molecular flexibility index (Phi) is 3.95. The normalized spacial score (nSPS) is 14.3. The van der Waals surface area contributed by atoms with Gasteiger partial charge in [0.15, 0.2) is 0 Å². The molecule has 0 saturated carbocycles. The molecular formula is C7H5Cl4P. The maximum Gasteiger partial charge on any atom is 0.226 e. The molecule has 0 radical (unpaired) electrons. The Morgan fingerprint density at radius 1 is 1.00 bits per heavy atom. The molecule has 0 aliphatic carbocycles. The zero-order valence-electron chi connectivity index (χ0n) is 5.85. The zero-order valence-corrected chi connectivity index (χ0v) is 9.76. The van der Waals surface area contributed by atoms with Gasteiger partial charge in [0.05, 0.1) is 7.27 Å². The van der Waals surface area contributed by atoms with Crippen LogP contribution in [0.25, 0.3) is 0 Å². The van der Waals surface area contributed by atoms with E-state index in [1.807, 2.05) is 30.3 Å². The van der Waals surface area contributed by atoms with Gasteiger partial charge in [0.2, 0.25) is 3.53 Å². The van der Waals surface area contributed by atoms with E-state index in [-0.39, 0.29) is 0 Å². The molecule has 0 aliphatic rings. The van der Waals surface area contributed by atoms with Gasteiger partial charge in [0.25, 0.3) is 0 Å². The molecule has 0 saturated heterocycles. The molecule has 12 heavy (non-hydrogen) atoms. The standard InChI is InChI=1S/C7H5Cl4P/c8-7(9,10)12(11)6-4-2-1-3-5-6/h1-5H. The second kappa shape index (κ2) is 4.35. The van der Waals surface area contributed by atoms with Crippen LogP contribution in [-0.2, 0) is 0 Å². The predicted octanol–water partition coefficient (Wildman–Crippen LogP) is 4.28. The zero-order chi connectivity index (χ0) is 9.19. The maximum absolute atomic E-state index is 5.95. The highest BCUT2D eigenvalue weighted by atomic mass is 35.7. The first kappa shape index (κ1) is 10.9. The molecule has 0 aliphatic heterocycles. The number of benzene rings is 1. The van der Waals surface area contributed by atoms with E-state index in [9.17, 15) is 0 Å². The molecule has 1 atom stereocenters. The van der Waals surface area contributed by atoms with E-state index >= 15 is 0 Å². The lowest BCUT2D eigenvalue weighted by Gasteiger charge is -2.17. The van der Waals surface area contributed by atoms with Crippen molar-refractivity contribution >= 4 is 58.6 Å². The Bertz CT molecular complexity index is 243. The smallest absolute Gasteiger partial charge is 0.0865 e. The van der Waals surface area contributed by atoms with E-state index < -0.39 is 10.8 Å². The summed E-state index contributed by atoms with van der Waals surface area (Å²) in [4.78, 5) is 0. The Morgan fingerprint density at radius 3 is 1.92 bits per heavy atom. The average molecular weight is 262 g/mol. The molecule has 0 aromatic heterocycles. The molecule has 0 spiro atoms. The van der Waals surface area contributed by atoms with Gasteiger partial charge in [-0.05, 0) is 5.30 Å². The summed E-state index contributed by atoms with van der Waals surface area (Å²) in [7, 11) is -1.25. The summed E-state index contributed by atoms with van der Waals surface area (Å²) in [6.45, 7) is 0. The van der Waals surface area contributed by atoms with E-state index in [2.05, 4.69) is 0 Å². The van der Waals surface area contributed by atoms with Crippen molar-refractivity contribution in [3.63, 3.8) is 0 Å². The highest BCUT2D eigenvalue weighted by Crippen LogP contribution is 2.60. The predicted molar refractivity (Wildman–Crippen MR) is 59.1 cm³/mol. The highest BCUT2D eigenvalue weighted by Gasteiger charge is 2.31. The second-order valence-corrected chi connectivity index (χ2v) is 7.92. The van der Waals surface area contributed by atoms with Crippen LogP contribution in [0.3, 0.4) is 0 Å². The van der Waals surface area contributed by atoms with Crippen LogP contribution >= 0.6 is 53.3 Å². The second-order valence-electron chi connectivity index (χ2n) is 2.08. The van der Waals surface area contributed by atoms with Gasteiger partial charge >= 0.3 is 0 Å². The third-order valence-electron chi connectivity index (χ3n) is 1.21. The molecule has 0 fully saturated rings. The van der Waals surface area contributed by atoms with Gasteiger partial charge in [-0.3, -0.25) is 0 Å². The van der Waals surface area contributed by atoms with Gasteiger partial charge in [0.1, 0.15) is 0 Å². The Labute approximate surface area is 92.3 Å². The van der Waals surface area contributed by atoms with Crippen LogP contribution < -0.4 is 5.30 Å². The highest BCUT2D eigenvalue weighted by molar-refractivity contribution is 7.94. The van der Waals surface area contributed by atoms with Gasteiger partial charge in [-0.25, -0.2) is 0 Å². The molecule has 5 heteroatoms. The minimum Gasteiger partial charge on any atom is -0.0865 e. The summed E-state index contributed by atoms with van der Waals surface area (Å²) in [6, 6.07) is 9.32. The minimum absolute atomic E-state index is 0.870. The SMILES string of the molecule is ClP(c1ccccc1)C(Cl)(Cl)Cl. The Morgan fingerprint density at radius 2 is 1.50 bits per heavy atom. The lowest BCUT2D eigenvalue weighted by atomic mass is 10.4. The molecule has 1 aromatic rings. The number of hydrogen-bond donors (Lipinski definition) is 0. The van der Waals surface area contributed by atoms with Gasteiger partial charge in [-0.2, -0.15) is 0 Å². The van der Waals surface area contributed by atoms with Crippen molar-refractivity contribution in [1.82, 2.24) is 0 Å². The Balaban J connectivity index is 2.86. The fraction of sp³-hybridized carbons (Fsp3) is 0.143. The van der Waals surface area contributed by atoms with Crippen molar-refractivity contribution in [3.05, 3.63) is 30.3 Å². The number of rotatable bonds is 1. The van der Waals surface area contributed by atoms with Gasteiger partial charge in [0, 0.05) is 0 Å². The molecule has 0 nitrogen and oxygen atoms in total. The van der Waals surface area contributed by atoms with Crippen LogP contribution in [0.1, 0.15) is 0 Å². The fourth-order valence-electron chi connectivity index (χ4n) is 0.705. The van der Waals surface area contributed by atoms with Crippen LogP contribution in [0.15, 0.2) is 30.3 Å². The number of halogens is 4. The lowest BCUT2D eigenvalue weighted by molar-refractivity contribution is 1.72. The monoisotopic (exact) mass is 260 g/mol. The van der Waals surface area contributed by atoms with Gasteiger partial charge in [-0.1, -0.05) is 76.4 Å². The van der Waals surface area contributed by atoms with Crippen LogP contribution in [0.4, 0.5) is 0 Å². The van der Waals surface area contributed by atoms with E-state index in [1.54, 1.807) is 0 Å². The van der Waals surface area contributed by atoms with Crippen molar-refractivity contribution in [2.24, 2.45) is 0 Å². The lowest BCUT2D eigenvalue weighted by Crippen LogP contribution is -2.07. The molecule has 1 unspecified atom stereocenters. The summed E-state index contributed by atoms with van der Waals surface area (Å²) in [6.07, 6.45) is 0. The summed E-state index contributed by atoms with van der Waals surface area (Å²) in [5.41, 5.74) is 0. The molecule has 0 bridgehead atoms. The summed E-state index contributed by atoms with van der Waals surface area (Å²) < 4.78 is -1.39. The maximum atomic E-state index is 5.95.